The van der Waals surface area contributed by atoms with Crippen LogP contribution in [0.15, 0.2) is 78.9 Å². The van der Waals surface area contributed by atoms with Gasteiger partial charge in [-0.2, -0.15) is 0 Å². The van der Waals surface area contributed by atoms with Crippen LogP contribution in [-0.4, -0.2) is 55.0 Å². The maximum absolute atomic E-state index is 13.0. The highest BCUT2D eigenvalue weighted by atomic mass is 16.5. The van der Waals surface area contributed by atoms with E-state index in [4.69, 9.17) is 4.74 Å². The number of amides is 1. The first kappa shape index (κ1) is 21.8. The highest BCUT2D eigenvalue weighted by molar-refractivity contribution is 5.96. The van der Waals surface area contributed by atoms with Crippen LogP contribution in [0.1, 0.15) is 43.4 Å². The Morgan fingerprint density at radius 1 is 0.750 bits per heavy atom. The third kappa shape index (κ3) is 4.73. The van der Waals surface area contributed by atoms with Crippen LogP contribution >= 0.6 is 0 Å². The number of ether oxygens (including phenoxy) is 1. The average Bonchev–Trinajstić information content (AvgIpc) is 2.85. The Bertz CT molecular complexity index is 1050. The van der Waals surface area contributed by atoms with Crippen LogP contribution in [0.4, 0.5) is 0 Å². The molecule has 4 rings (SSSR count). The zero-order chi connectivity index (χ0) is 22.5. The molecule has 32 heavy (non-hydrogen) atoms. The second-order valence-corrected chi connectivity index (χ2v) is 8.12. The van der Waals surface area contributed by atoms with Crippen LogP contribution in [0.25, 0.3) is 0 Å². The summed E-state index contributed by atoms with van der Waals surface area (Å²) in [6.07, 6.45) is 0. The summed E-state index contributed by atoms with van der Waals surface area (Å²) in [7, 11) is 1.35. The van der Waals surface area contributed by atoms with Gasteiger partial charge in [0.05, 0.1) is 18.7 Å². The second kappa shape index (κ2) is 9.79. The largest absolute Gasteiger partial charge is 0.465 e. The van der Waals surface area contributed by atoms with Crippen molar-refractivity contribution in [1.29, 1.82) is 0 Å². The molecule has 164 valence electrons. The lowest BCUT2D eigenvalue weighted by Gasteiger charge is -2.40. The first-order valence-corrected chi connectivity index (χ1v) is 10.9. The van der Waals surface area contributed by atoms with Crippen molar-refractivity contribution in [3.63, 3.8) is 0 Å². The predicted molar refractivity (Wildman–Crippen MR) is 125 cm³/mol. The summed E-state index contributed by atoms with van der Waals surface area (Å²) in [5.41, 5.74) is 4.80. The maximum Gasteiger partial charge on any atom is 0.337 e. The summed E-state index contributed by atoms with van der Waals surface area (Å²) in [6, 6.07) is 26.1. The van der Waals surface area contributed by atoms with Gasteiger partial charge in [0.1, 0.15) is 0 Å². The molecule has 1 amide bonds. The van der Waals surface area contributed by atoms with E-state index in [0.29, 0.717) is 24.2 Å². The molecule has 0 saturated carbocycles. The van der Waals surface area contributed by atoms with Gasteiger partial charge in [-0.1, -0.05) is 60.2 Å². The molecule has 1 aliphatic rings. The van der Waals surface area contributed by atoms with E-state index in [1.54, 1.807) is 24.3 Å². The van der Waals surface area contributed by atoms with E-state index in [1.165, 1.54) is 23.8 Å². The molecule has 1 aliphatic heterocycles. The Morgan fingerprint density at radius 3 is 1.91 bits per heavy atom. The highest BCUT2D eigenvalue weighted by Crippen LogP contribution is 2.30. The van der Waals surface area contributed by atoms with Gasteiger partial charge in [0.15, 0.2) is 0 Å². The Morgan fingerprint density at radius 2 is 1.31 bits per heavy atom. The van der Waals surface area contributed by atoms with Crippen molar-refractivity contribution >= 4 is 11.9 Å². The number of rotatable bonds is 5. The fourth-order valence-corrected chi connectivity index (χ4v) is 4.23. The molecule has 5 nitrogen and oxygen atoms in total. The standard InChI is InChI=1S/C27H28N2O3/c1-20-8-10-22(11-9-20)25(21-6-4-3-5-7-21)28-16-18-29(19-17-28)26(30)23-12-14-24(15-13-23)27(31)32-2/h3-15,25H,16-19H2,1-2H3/t25-/m1/s1. The quantitative estimate of drug-likeness (QED) is 0.568. The van der Waals surface area contributed by atoms with Crippen LogP contribution in [0, 0.1) is 6.92 Å². The lowest BCUT2D eigenvalue weighted by Crippen LogP contribution is -2.49. The topological polar surface area (TPSA) is 49.9 Å². The van der Waals surface area contributed by atoms with Crippen LogP contribution in [0.3, 0.4) is 0 Å². The van der Waals surface area contributed by atoms with E-state index < -0.39 is 5.97 Å². The molecule has 0 bridgehead atoms. The Kier molecular flexibility index (Phi) is 6.66. The summed E-state index contributed by atoms with van der Waals surface area (Å²) in [6.45, 7) is 5.00. The minimum absolute atomic E-state index is 0.00679. The van der Waals surface area contributed by atoms with Gasteiger partial charge in [-0.3, -0.25) is 9.69 Å². The molecule has 0 radical (unpaired) electrons. The van der Waals surface area contributed by atoms with Crippen molar-refractivity contribution in [2.75, 3.05) is 33.3 Å². The molecular weight excluding hydrogens is 400 g/mol. The molecule has 0 aromatic heterocycles. The van der Waals surface area contributed by atoms with Gasteiger partial charge in [-0.25, -0.2) is 4.79 Å². The lowest BCUT2D eigenvalue weighted by molar-refractivity contribution is 0.0587. The van der Waals surface area contributed by atoms with Gasteiger partial charge in [0.2, 0.25) is 0 Å². The molecule has 3 aromatic rings. The summed E-state index contributed by atoms with van der Waals surface area (Å²) in [4.78, 5) is 29.0. The van der Waals surface area contributed by atoms with E-state index in [-0.39, 0.29) is 11.9 Å². The van der Waals surface area contributed by atoms with Gasteiger partial charge in [0.25, 0.3) is 5.91 Å². The Balaban J connectivity index is 1.47. The van der Waals surface area contributed by atoms with E-state index in [0.717, 1.165) is 13.1 Å². The first-order chi connectivity index (χ1) is 15.6. The normalized spacial score (nSPS) is 15.2. The van der Waals surface area contributed by atoms with Crippen molar-refractivity contribution in [1.82, 2.24) is 9.80 Å². The number of methoxy groups -OCH3 is 1. The minimum Gasteiger partial charge on any atom is -0.465 e. The molecule has 3 aromatic carbocycles. The van der Waals surface area contributed by atoms with Gasteiger partial charge in [-0.05, 0) is 42.3 Å². The number of esters is 1. The number of hydrogen-bond acceptors (Lipinski definition) is 4. The zero-order valence-electron chi connectivity index (χ0n) is 18.5. The molecule has 1 heterocycles. The zero-order valence-corrected chi connectivity index (χ0v) is 18.5. The third-order valence-corrected chi connectivity index (χ3v) is 6.03. The Labute approximate surface area is 189 Å². The van der Waals surface area contributed by atoms with E-state index >= 15 is 0 Å². The summed E-state index contributed by atoms with van der Waals surface area (Å²) in [5, 5.41) is 0. The minimum atomic E-state index is -0.402. The molecule has 1 fully saturated rings. The van der Waals surface area contributed by atoms with Gasteiger partial charge in [-0.15, -0.1) is 0 Å². The van der Waals surface area contributed by atoms with E-state index in [2.05, 4.69) is 60.4 Å². The van der Waals surface area contributed by atoms with Crippen LogP contribution in [0.5, 0.6) is 0 Å². The van der Waals surface area contributed by atoms with E-state index in [1.807, 2.05) is 11.0 Å². The fraction of sp³-hybridized carbons (Fsp3) is 0.259. The third-order valence-electron chi connectivity index (χ3n) is 6.03. The molecule has 0 spiro atoms. The highest BCUT2D eigenvalue weighted by Gasteiger charge is 2.28. The van der Waals surface area contributed by atoms with Crippen molar-refractivity contribution in [3.05, 3.63) is 107 Å². The smallest absolute Gasteiger partial charge is 0.337 e. The predicted octanol–water partition coefficient (Wildman–Crippen LogP) is 4.33. The molecule has 0 aliphatic carbocycles. The van der Waals surface area contributed by atoms with Crippen LogP contribution in [-0.2, 0) is 4.74 Å². The van der Waals surface area contributed by atoms with Gasteiger partial charge in [0, 0.05) is 31.7 Å². The van der Waals surface area contributed by atoms with Crippen molar-refractivity contribution in [2.24, 2.45) is 0 Å². The number of benzene rings is 3. The number of hydrogen-bond donors (Lipinski definition) is 0. The molecular formula is C27H28N2O3. The first-order valence-electron chi connectivity index (χ1n) is 10.9. The molecule has 1 saturated heterocycles. The van der Waals surface area contributed by atoms with Crippen molar-refractivity contribution in [3.8, 4) is 0 Å². The van der Waals surface area contributed by atoms with Crippen molar-refractivity contribution < 1.29 is 14.3 Å². The second-order valence-electron chi connectivity index (χ2n) is 8.12. The average molecular weight is 429 g/mol. The number of piperazine rings is 1. The molecule has 0 unspecified atom stereocenters. The molecule has 5 heteroatoms. The van der Waals surface area contributed by atoms with E-state index in [9.17, 15) is 9.59 Å². The molecule has 1 atom stereocenters. The SMILES string of the molecule is COC(=O)c1ccc(C(=O)N2CCN([C@H](c3ccccc3)c3ccc(C)cc3)CC2)cc1. The lowest BCUT2D eigenvalue weighted by atomic mass is 9.95. The fourth-order valence-electron chi connectivity index (χ4n) is 4.23. The van der Waals surface area contributed by atoms with Crippen molar-refractivity contribution in [2.45, 2.75) is 13.0 Å². The maximum atomic E-state index is 13.0. The Hall–Kier alpha value is -3.44. The van der Waals surface area contributed by atoms with Gasteiger partial charge >= 0.3 is 5.97 Å². The van der Waals surface area contributed by atoms with Gasteiger partial charge < -0.3 is 9.64 Å². The summed E-state index contributed by atoms with van der Waals surface area (Å²) < 4.78 is 4.73. The number of nitrogens with zero attached hydrogens (tertiary/aromatic N) is 2. The van der Waals surface area contributed by atoms with Crippen LogP contribution in [0.2, 0.25) is 0 Å². The number of carbonyl (C=O) groups is 2. The monoisotopic (exact) mass is 428 g/mol. The number of aryl methyl sites for hydroxylation is 1. The summed E-state index contributed by atoms with van der Waals surface area (Å²) in [5.74, 6) is -0.409. The van der Waals surface area contributed by atoms with Crippen LogP contribution < -0.4 is 0 Å². The molecule has 0 N–H and O–H groups in total. The number of carbonyl (C=O) groups excluding carboxylic acids is 2. The summed E-state index contributed by atoms with van der Waals surface area (Å²) >= 11 is 0.